The maximum absolute atomic E-state index is 12.9. The van der Waals surface area contributed by atoms with Crippen LogP contribution in [0, 0.1) is 0 Å². The van der Waals surface area contributed by atoms with E-state index in [0.29, 0.717) is 25.4 Å². The minimum Gasteiger partial charge on any atom is -0.390 e. The Morgan fingerprint density at radius 3 is 2.90 bits per heavy atom. The molecule has 1 aromatic rings. The Morgan fingerprint density at radius 2 is 2.24 bits per heavy atom. The van der Waals surface area contributed by atoms with Gasteiger partial charge in [-0.05, 0) is 32.3 Å². The topological polar surface area (TPSA) is 71.8 Å². The third-order valence-electron chi connectivity index (χ3n) is 4.50. The number of sulfonamides is 1. The smallest absolute Gasteiger partial charge is 0.245 e. The highest BCUT2D eigenvalue weighted by molar-refractivity contribution is 7.89. The molecule has 2 aliphatic rings. The van der Waals surface area contributed by atoms with Gasteiger partial charge in [-0.2, -0.15) is 4.31 Å². The molecule has 0 aromatic carbocycles. The maximum Gasteiger partial charge on any atom is 0.245 e. The van der Waals surface area contributed by atoms with Gasteiger partial charge in [-0.25, -0.2) is 8.42 Å². The summed E-state index contributed by atoms with van der Waals surface area (Å²) in [4.78, 5) is 0.279. The molecule has 0 bridgehead atoms. The van der Waals surface area contributed by atoms with E-state index in [0.717, 1.165) is 19.3 Å². The summed E-state index contributed by atoms with van der Waals surface area (Å²) in [6, 6.07) is 1.55. The standard InChI is InChI=1S/C14H22N2O4S/c1-2-15-9-12(8-11(15)10-17)21(18,19)16-6-7-20-14-5-3-4-13(14)16/h8-9,13-14,17H,2-7,10H2,1H3. The van der Waals surface area contributed by atoms with Gasteiger partial charge in [0.2, 0.25) is 10.0 Å². The number of morpholine rings is 1. The minimum absolute atomic E-state index is 0.0358. The number of hydrogen-bond donors (Lipinski definition) is 1. The van der Waals surface area contributed by atoms with E-state index in [1.165, 1.54) is 0 Å². The average molecular weight is 314 g/mol. The monoisotopic (exact) mass is 314 g/mol. The molecule has 1 N–H and O–H groups in total. The average Bonchev–Trinajstić information content (AvgIpc) is 3.12. The fourth-order valence-corrected chi connectivity index (χ4v) is 5.15. The highest BCUT2D eigenvalue weighted by atomic mass is 32.2. The van der Waals surface area contributed by atoms with E-state index in [4.69, 9.17) is 4.74 Å². The second-order valence-corrected chi connectivity index (χ2v) is 7.53. The highest BCUT2D eigenvalue weighted by Crippen LogP contribution is 2.33. The third kappa shape index (κ3) is 2.52. The van der Waals surface area contributed by atoms with Crippen LogP contribution in [0.25, 0.3) is 0 Å². The Hall–Kier alpha value is -0.890. The van der Waals surface area contributed by atoms with Crippen LogP contribution in [0.2, 0.25) is 0 Å². The third-order valence-corrected chi connectivity index (χ3v) is 6.39. The van der Waals surface area contributed by atoms with Crippen LogP contribution in [0.5, 0.6) is 0 Å². The minimum atomic E-state index is -3.52. The molecule has 21 heavy (non-hydrogen) atoms. The van der Waals surface area contributed by atoms with Crippen LogP contribution in [0.15, 0.2) is 17.2 Å². The molecule has 1 aliphatic carbocycles. The van der Waals surface area contributed by atoms with E-state index in [9.17, 15) is 13.5 Å². The van der Waals surface area contributed by atoms with E-state index in [-0.39, 0.29) is 23.6 Å². The van der Waals surface area contributed by atoms with Crippen molar-refractivity contribution in [3.63, 3.8) is 0 Å². The summed E-state index contributed by atoms with van der Waals surface area (Å²) in [5, 5.41) is 9.34. The molecule has 6 nitrogen and oxygen atoms in total. The van der Waals surface area contributed by atoms with E-state index >= 15 is 0 Å². The fraction of sp³-hybridized carbons (Fsp3) is 0.714. The van der Waals surface area contributed by atoms with Crippen molar-refractivity contribution in [3.8, 4) is 0 Å². The number of hydrogen-bond acceptors (Lipinski definition) is 4. The zero-order valence-corrected chi connectivity index (χ0v) is 13.1. The van der Waals surface area contributed by atoms with Crippen molar-refractivity contribution in [3.05, 3.63) is 18.0 Å². The predicted molar refractivity (Wildman–Crippen MR) is 77.3 cm³/mol. The summed E-state index contributed by atoms with van der Waals surface area (Å²) >= 11 is 0. The van der Waals surface area contributed by atoms with Gasteiger partial charge in [0.05, 0.1) is 25.4 Å². The first kappa shape index (κ1) is 15.0. The SMILES string of the molecule is CCn1cc(S(=O)(=O)N2CCOC3CCCC32)cc1CO. The quantitative estimate of drug-likeness (QED) is 0.898. The summed E-state index contributed by atoms with van der Waals surface area (Å²) in [6.07, 6.45) is 4.48. The summed E-state index contributed by atoms with van der Waals surface area (Å²) in [5.41, 5.74) is 0.632. The molecular formula is C14H22N2O4S. The summed E-state index contributed by atoms with van der Waals surface area (Å²) in [7, 11) is -3.52. The van der Waals surface area contributed by atoms with Gasteiger partial charge < -0.3 is 14.4 Å². The molecule has 1 aliphatic heterocycles. The first-order valence-electron chi connectivity index (χ1n) is 7.51. The van der Waals surface area contributed by atoms with Crippen LogP contribution in [0.1, 0.15) is 31.9 Å². The number of ether oxygens (including phenoxy) is 1. The highest BCUT2D eigenvalue weighted by Gasteiger charge is 2.42. The zero-order chi connectivity index (χ0) is 15.0. The molecule has 1 aromatic heterocycles. The van der Waals surface area contributed by atoms with Gasteiger partial charge in [-0.3, -0.25) is 0 Å². The lowest BCUT2D eigenvalue weighted by Gasteiger charge is -2.36. The van der Waals surface area contributed by atoms with E-state index in [1.807, 2.05) is 6.92 Å². The molecule has 2 atom stereocenters. The maximum atomic E-state index is 12.9. The Balaban J connectivity index is 1.94. The normalized spacial score (nSPS) is 27.0. The first-order valence-corrected chi connectivity index (χ1v) is 8.95. The van der Waals surface area contributed by atoms with Crippen molar-refractivity contribution in [1.82, 2.24) is 8.87 Å². The van der Waals surface area contributed by atoms with Crippen LogP contribution in [-0.4, -0.2) is 47.7 Å². The van der Waals surface area contributed by atoms with Crippen molar-refractivity contribution in [2.75, 3.05) is 13.2 Å². The van der Waals surface area contributed by atoms with Crippen molar-refractivity contribution < 1.29 is 18.3 Å². The van der Waals surface area contributed by atoms with Crippen LogP contribution in [0.3, 0.4) is 0 Å². The molecule has 0 radical (unpaired) electrons. The molecule has 1 saturated carbocycles. The Morgan fingerprint density at radius 1 is 1.43 bits per heavy atom. The number of aliphatic hydroxyl groups excluding tert-OH is 1. The van der Waals surface area contributed by atoms with Gasteiger partial charge in [0, 0.05) is 25.0 Å². The lowest BCUT2D eigenvalue weighted by Crippen LogP contribution is -2.51. The first-order chi connectivity index (χ1) is 10.1. The summed E-state index contributed by atoms with van der Waals surface area (Å²) in [6.45, 7) is 3.29. The van der Waals surface area contributed by atoms with Gasteiger partial charge in [-0.1, -0.05) is 0 Å². The van der Waals surface area contributed by atoms with Gasteiger partial charge >= 0.3 is 0 Å². The van der Waals surface area contributed by atoms with Crippen molar-refractivity contribution in [1.29, 1.82) is 0 Å². The Labute approximate surface area is 125 Å². The van der Waals surface area contributed by atoms with Gasteiger partial charge in [-0.15, -0.1) is 0 Å². The summed E-state index contributed by atoms with van der Waals surface area (Å²) in [5.74, 6) is 0. The molecule has 2 fully saturated rings. The number of nitrogens with zero attached hydrogens (tertiary/aromatic N) is 2. The van der Waals surface area contributed by atoms with Crippen molar-refractivity contribution in [2.45, 2.75) is 56.4 Å². The molecule has 1 saturated heterocycles. The van der Waals surface area contributed by atoms with E-state index in [2.05, 4.69) is 0 Å². The predicted octanol–water partition coefficient (Wildman–Crippen LogP) is 0.942. The molecule has 0 spiro atoms. The fourth-order valence-electron chi connectivity index (χ4n) is 3.42. The van der Waals surface area contributed by atoms with Gasteiger partial charge in [0.1, 0.15) is 4.90 Å². The lowest BCUT2D eigenvalue weighted by molar-refractivity contribution is -0.0241. The number of aryl methyl sites for hydroxylation is 1. The number of rotatable bonds is 4. The molecular weight excluding hydrogens is 292 g/mol. The Bertz CT molecular complexity index is 589. The summed E-state index contributed by atoms with van der Waals surface area (Å²) < 4.78 is 34.9. The second kappa shape index (κ2) is 5.72. The molecule has 3 rings (SSSR count). The van der Waals surface area contributed by atoms with Crippen molar-refractivity contribution >= 4 is 10.0 Å². The van der Waals surface area contributed by atoms with Gasteiger partial charge in [0.15, 0.2) is 0 Å². The molecule has 118 valence electrons. The van der Waals surface area contributed by atoms with E-state index in [1.54, 1.807) is 21.1 Å². The molecule has 7 heteroatoms. The van der Waals surface area contributed by atoms with Crippen molar-refractivity contribution in [2.24, 2.45) is 0 Å². The zero-order valence-electron chi connectivity index (χ0n) is 12.2. The van der Waals surface area contributed by atoms with E-state index < -0.39 is 10.0 Å². The largest absolute Gasteiger partial charge is 0.390 e. The molecule has 2 heterocycles. The second-order valence-electron chi connectivity index (χ2n) is 5.63. The molecule has 2 unspecified atom stereocenters. The number of aromatic nitrogens is 1. The Kier molecular flexibility index (Phi) is 4.09. The van der Waals surface area contributed by atoms with Crippen LogP contribution in [0.4, 0.5) is 0 Å². The molecule has 0 amide bonds. The van der Waals surface area contributed by atoms with Crippen LogP contribution in [-0.2, 0) is 27.9 Å². The lowest BCUT2D eigenvalue weighted by atomic mass is 10.2. The number of fused-ring (bicyclic) bond motifs is 1. The van der Waals surface area contributed by atoms with Crippen LogP contribution < -0.4 is 0 Å². The number of aliphatic hydroxyl groups is 1. The van der Waals surface area contributed by atoms with Gasteiger partial charge in [0.25, 0.3) is 0 Å². The van der Waals surface area contributed by atoms with Crippen LogP contribution >= 0.6 is 0 Å².